The summed E-state index contributed by atoms with van der Waals surface area (Å²) in [6, 6.07) is 20.8. The molecule has 0 bridgehead atoms. The number of nitriles is 1. The average molecular weight is 584 g/mol. The second kappa shape index (κ2) is 12.1. The van der Waals surface area contributed by atoms with Gasteiger partial charge in [0.05, 0.1) is 18.2 Å². The third kappa shape index (κ3) is 6.35. The molecule has 2 heterocycles. The highest BCUT2D eigenvalue weighted by molar-refractivity contribution is 5.48. The Kier molecular flexibility index (Phi) is 8.14. The Morgan fingerprint density at radius 3 is 2.21 bits per heavy atom. The Labute approximate surface area is 243 Å². The van der Waals surface area contributed by atoms with Crippen molar-refractivity contribution in [2.24, 2.45) is 0 Å². The van der Waals surface area contributed by atoms with Crippen LogP contribution in [0.3, 0.4) is 0 Å². The van der Waals surface area contributed by atoms with E-state index < -0.39 is 41.0 Å². The second-order valence-corrected chi connectivity index (χ2v) is 9.49. The number of hydrogen-bond acceptors (Lipinski definition) is 7. The lowest BCUT2D eigenvalue weighted by Crippen LogP contribution is -2.48. The van der Waals surface area contributed by atoms with Crippen LogP contribution in [-0.2, 0) is 24.6 Å². The SMILES string of the molecule is N#Cc1ccc(NCc2ccc(C#Cc3ccc(C(F)(F)C(O)(Cn4cnnn4)c4ccc(F)cc4F)nc3)cc2)cc1. The van der Waals surface area contributed by atoms with Crippen LogP contribution < -0.4 is 5.32 Å². The van der Waals surface area contributed by atoms with Crippen molar-refractivity contribution in [2.75, 3.05) is 5.32 Å². The van der Waals surface area contributed by atoms with Crippen molar-refractivity contribution in [1.82, 2.24) is 25.2 Å². The Morgan fingerprint density at radius 1 is 0.884 bits per heavy atom. The summed E-state index contributed by atoms with van der Waals surface area (Å²) in [6.45, 7) is -0.390. The molecule has 0 saturated carbocycles. The molecule has 1 atom stereocenters. The molecule has 0 aliphatic rings. The number of nitrogens with one attached hydrogen (secondary N) is 1. The molecule has 12 heteroatoms. The molecular weight excluding hydrogens is 562 g/mol. The van der Waals surface area contributed by atoms with Crippen LogP contribution in [0.1, 0.15) is 33.5 Å². The van der Waals surface area contributed by atoms with Crippen LogP contribution >= 0.6 is 0 Å². The zero-order valence-electron chi connectivity index (χ0n) is 22.2. The third-order valence-corrected chi connectivity index (χ3v) is 6.58. The number of aromatic nitrogens is 5. The first kappa shape index (κ1) is 28.9. The monoisotopic (exact) mass is 583 g/mol. The summed E-state index contributed by atoms with van der Waals surface area (Å²) in [7, 11) is 0. The standard InChI is InChI=1S/C31H21F4N7O/c32-25-10-13-27(28(33)15-25)30(43,19-42-20-39-40-41-42)31(34,35)29-14-9-24(18-38-29)6-3-21-1-4-23(5-2-21)17-37-26-11-7-22(16-36)8-12-26/h1-2,4-5,7-15,18,20,37,43H,17,19H2. The zero-order chi connectivity index (χ0) is 30.5. The van der Waals surface area contributed by atoms with Crippen LogP contribution in [0.4, 0.5) is 23.2 Å². The maximum atomic E-state index is 15.9. The van der Waals surface area contributed by atoms with E-state index in [0.717, 1.165) is 46.7 Å². The lowest BCUT2D eigenvalue weighted by atomic mass is 9.84. The molecule has 5 rings (SSSR count). The Hall–Kier alpha value is -5.59. The van der Waals surface area contributed by atoms with Gasteiger partial charge in [-0.15, -0.1) is 5.10 Å². The van der Waals surface area contributed by atoms with Crippen molar-refractivity contribution >= 4 is 5.69 Å². The number of rotatable bonds is 8. The molecule has 0 saturated heterocycles. The summed E-state index contributed by atoms with van der Waals surface area (Å²) in [4.78, 5) is 3.81. The highest BCUT2D eigenvalue weighted by Crippen LogP contribution is 2.46. The predicted octanol–water partition coefficient (Wildman–Crippen LogP) is 4.91. The van der Waals surface area contributed by atoms with E-state index in [-0.39, 0.29) is 0 Å². The minimum absolute atomic E-state index is 0.322. The van der Waals surface area contributed by atoms with Gasteiger partial charge in [0.2, 0.25) is 0 Å². The molecule has 8 nitrogen and oxygen atoms in total. The molecule has 5 aromatic rings. The molecule has 2 aromatic heterocycles. The predicted molar refractivity (Wildman–Crippen MR) is 147 cm³/mol. The summed E-state index contributed by atoms with van der Waals surface area (Å²) in [5.41, 5.74) is -1.49. The largest absolute Gasteiger partial charge is 0.381 e. The van der Waals surface area contributed by atoms with Crippen molar-refractivity contribution in [3.8, 4) is 17.9 Å². The van der Waals surface area contributed by atoms with E-state index in [1.54, 1.807) is 12.1 Å². The summed E-state index contributed by atoms with van der Waals surface area (Å²) < 4.78 is 60.8. The van der Waals surface area contributed by atoms with Gasteiger partial charge in [-0.3, -0.25) is 4.98 Å². The second-order valence-electron chi connectivity index (χ2n) is 9.49. The Morgan fingerprint density at radius 2 is 1.58 bits per heavy atom. The highest BCUT2D eigenvalue weighted by Gasteiger charge is 2.58. The van der Waals surface area contributed by atoms with Crippen molar-refractivity contribution in [3.63, 3.8) is 0 Å². The van der Waals surface area contributed by atoms with Crippen molar-refractivity contribution < 1.29 is 22.7 Å². The maximum absolute atomic E-state index is 15.9. The van der Waals surface area contributed by atoms with Crippen molar-refractivity contribution in [3.05, 3.63) is 137 Å². The van der Waals surface area contributed by atoms with Gasteiger partial charge in [0.25, 0.3) is 0 Å². The summed E-state index contributed by atoms with van der Waals surface area (Å²) in [6.07, 6.45) is 2.09. The van der Waals surface area contributed by atoms with Gasteiger partial charge in [-0.1, -0.05) is 24.0 Å². The summed E-state index contributed by atoms with van der Waals surface area (Å²) in [5.74, 6) is -0.725. The van der Waals surface area contributed by atoms with E-state index in [1.807, 2.05) is 36.4 Å². The van der Waals surface area contributed by atoms with E-state index in [4.69, 9.17) is 5.26 Å². The minimum atomic E-state index is -4.16. The summed E-state index contributed by atoms with van der Waals surface area (Å²) >= 11 is 0. The first-order valence-corrected chi connectivity index (χ1v) is 12.8. The van der Waals surface area contributed by atoms with Crippen molar-refractivity contribution in [1.29, 1.82) is 5.26 Å². The molecule has 214 valence electrons. The lowest BCUT2D eigenvalue weighted by Gasteiger charge is -2.35. The summed E-state index contributed by atoms with van der Waals surface area (Å²) in [5, 5.41) is 33.6. The van der Waals surface area contributed by atoms with Crippen LogP contribution in [0.25, 0.3) is 0 Å². The molecule has 0 amide bonds. The average Bonchev–Trinajstić information content (AvgIpc) is 3.52. The fourth-order valence-corrected chi connectivity index (χ4v) is 4.25. The number of aliphatic hydroxyl groups is 1. The van der Waals surface area contributed by atoms with Crippen LogP contribution in [0, 0.1) is 34.8 Å². The first-order valence-electron chi connectivity index (χ1n) is 12.8. The molecule has 0 radical (unpaired) electrons. The number of hydrogen-bond donors (Lipinski definition) is 2. The number of pyridine rings is 1. The third-order valence-electron chi connectivity index (χ3n) is 6.58. The number of nitrogens with zero attached hydrogens (tertiary/aromatic N) is 6. The lowest BCUT2D eigenvalue weighted by molar-refractivity contribution is -0.207. The highest BCUT2D eigenvalue weighted by atomic mass is 19.3. The van der Waals surface area contributed by atoms with Crippen molar-refractivity contribution in [2.45, 2.75) is 24.6 Å². The molecular formula is C31H21F4N7O. The molecule has 1 unspecified atom stereocenters. The molecule has 3 aromatic carbocycles. The Balaban J connectivity index is 1.31. The number of alkyl halides is 2. The van der Waals surface area contributed by atoms with Gasteiger partial charge in [0.1, 0.15) is 23.7 Å². The van der Waals surface area contributed by atoms with E-state index in [2.05, 4.69) is 43.7 Å². The fraction of sp³-hybridized carbons (Fsp3) is 0.129. The van der Waals surface area contributed by atoms with E-state index in [0.29, 0.717) is 29.3 Å². The van der Waals surface area contributed by atoms with Crippen LogP contribution in [0.15, 0.2) is 91.4 Å². The first-order chi connectivity index (χ1) is 20.7. The van der Waals surface area contributed by atoms with Gasteiger partial charge in [-0.25, -0.2) is 13.5 Å². The van der Waals surface area contributed by atoms with Gasteiger partial charge < -0.3 is 10.4 Å². The molecule has 2 N–H and O–H groups in total. The minimum Gasteiger partial charge on any atom is -0.381 e. The van der Waals surface area contributed by atoms with Crippen LogP contribution in [0.2, 0.25) is 0 Å². The topological polar surface area (TPSA) is 113 Å². The molecule has 0 spiro atoms. The van der Waals surface area contributed by atoms with Crippen LogP contribution in [0.5, 0.6) is 0 Å². The molecule has 0 fully saturated rings. The zero-order valence-corrected chi connectivity index (χ0v) is 22.2. The number of anilines is 1. The van der Waals surface area contributed by atoms with Gasteiger partial charge in [0, 0.05) is 41.2 Å². The van der Waals surface area contributed by atoms with E-state index >= 15 is 8.78 Å². The maximum Gasteiger partial charge on any atom is 0.323 e. The number of benzene rings is 3. The van der Waals surface area contributed by atoms with Crippen LogP contribution in [-0.4, -0.2) is 30.3 Å². The Bertz CT molecular complexity index is 1810. The number of halogens is 4. The van der Waals surface area contributed by atoms with Gasteiger partial charge in [0.15, 0.2) is 5.60 Å². The number of tetrazole rings is 1. The van der Waals surface area contributed by atoms with E-state index in [1.165, 1.54) is 6.07 Å². The quantitative estimate of drug-likeness (QED) is 0.197. The van der Waals surface area contributed by atoms with Gasteiger partial charge in [-0.05, 0) is 76.7 Å². The van der Waals surface area contributed by atoms with Gasteiger partial charge in [-0.2, -0.15) is 14.0 Å². The molecule has 0 aliphatic carbocycles. The normalized spacial score (nSPS) is 12.5. The van der Waals surface area contributed by atoms with E-state index in [9.17, 15) is 13.9 Å². The molecule has 43 heavy (non-hydrogen) atoms. The molecule has 0 aliphatic heterocycles. The fourth-order valence-electron chi connectivity index (χ4n) is 4.25. The smallest absolute Gasteiger partial charge is 0.323 e. The van der Waals surface area contributed by atoms with Gasteiger partial charge >= 0.3 is 5.92 Å².